The SMILES string of the molecule is CC(CC(C)(N)C(=O)O)c1cccc(O)c1O. The van der Waals surface area contributed by atoms with E-state index in [1.807, 2.05) is 0 Å². The van der Waals surface area contributed by atoms with Gasteiger partial charge in [-0.05, 0) is 25.3 Å². The molecule has 0 saturated heterocycles. The first-order chi connectivity index (χ1) is 7.75. The van der Waals surface area contributed by atoms with Crippen LogP contribution < -0.4 is 5.73 Å². The van der Waals surface area contributed by atoms with E-state index in [-0.39, 0.29) is 23.8 Å². The summed E-state index contributed by atoms with van der Waals surface area (Å²) < 4.78 is 0. The summed E-state index contributed by atoms with van der Waals surface area (Å²) in [4.78, 5) is 10.9. The summed E-state index contributed by atoms with van der Waals surface area (Å²) in [6, 6.07) is 4.59. The van der Waals surface area contributed by atoms with Gasteiger partial charge in [0.05, 0.1) is 0 Å². The van der Waals surface area contributed by atoms with Crippen LogP contribution in [0.2, 0.25) is 0 Å². The summed E-state index contributed by atoms with van der Waals surface area (Å²) in [5, 5.41) is 27.9. The van der Waals surface area contributed by atoms with E-state index in [4.69, 9.17) is 10.8 Å². The van der Waals surface area contributed by atoms with Crippen LogP contribution in [0.1, 0.15) is 31.7 Å². The zero-order valence-electron chi connectivity index (χ0n) is 9.84. The Balaban J connectivity index is 2.94. The average molecular weight is 239 g/mol. The lowest BCUT2D eigenvalue weighted by Crippen LogP contribution is -2.45. The molecule has 1 aromatic rings. The molecule has 1 aromatic carbocycles. The van der Waals surface area contributed by atoms with Gasteiger partial charge in [-0.2, -0.15) is 0 Å². The van der Waals surface area contributed by atoms with Gasteiger partial charge in [-0.1, -0.05) is 19.1 Å². The summed E-state index contributed by atoms with van der Waals surface area (Å²) in [6.45, 7) is 3.17. The molecule has 0 fully saturated rings. The molecule has 5 N–H and O–H groups in total. The van der Waals surface area contributed by atoms with Crippen molar-refractivity contribution < 1.29 is 20.1 Å². The smallest absolute Gasteiger partial charge is 0.323 e. The summed E-state index contributed by atoms with van der Waals surface area (Å²) in [6.07, 6.45) is 0.166. The van der Waals surface area contributed by atoms with E-state index in [1.165, 1.54) is 13.0 Å². The van der Waals surface area contributed by atoms with E-state index >= 15 is 0 Å². The van der Waals surface area contributed by atoms with Crippen molar-refractivity contribution in [3.8, 4) is 11.5 Å². The number of phenolic OH excluding ortho intramolecular Hbond substituents is 2. The van der Waals surface area contributed by atoms with Crippen molar-refractivity contribution in [2.24, 2.45) is 5.73 Å². The van der Waals surface area contributed by atoms with Gasteiger partial charge >= 0.3 is 5.97 Å². The van der Waals surface area contributed by atoms with Crippen LogP contribution in [0.5, 0.6) is 11.5 Å². The van der Waals surface area contributed by atoms with Crippen molar-refractivity contribution in [1.29, 1.82) is 0 Å². The van der Waals surface area contributed by atoms with Crippen molar-refractivity contribution in [3.63, 3.8) is 0 Å². The molecule has 0 saturated carbocycles. The number of carboxylic acids is 1. The molecule has 2 atom stereocenters. The number of aliphatic carboxylic acids is 1. The lowest BCUT2D eigenvalue weighted by molar-refractivity contribution is -0.143. The van der Waals surface area contributed by atoms with Gasteiger partial charge in [0.15, 0.2) is 11.5 Å². The van der Waals surface area contributed by atoms with Crippen LogP contribution in [0.4, 0.5) is 0 Å². The predicted molar refractivity (Wildman–Crippen MR) is 63.0 cm³/mol. The molecule has 94 valence electrons. The van der Waals surface area contributed by atoms with Gasteiger partial charge in [-0.15, -0.1) is 0 Å². The molecular weight excluding hydrogens is 222 g/mol. The highest BCUT2D eigenvalue weighted by Gasteiger charge is 2.31. The van der Waals surface area contributed by atoms with E-state index in [9.17, 15) is 15.0 Å². The van der Waals surface area contributed by atoms with Gasteiger partial charge in [0.25, 0.3) is 0 Å². The molecule has 0 spiro atoms. The highest BCUT2D eigenvalue weighted by molar-refractivity contribution is 5.78. The molecule has 0 aliphatic heterocycles. The zero-order chi connectivity index (χ0) is 13.2. The molecule has 0 aromatic heterocycles. The van der Waals surface area contributed by atoms with Gasteiger partial charge in [0.2, 0.25) is 0 Å². The van der Waals surface area contributed by atoms with Gasteiger partial charge < -0.3 is 21.1 Å². The maximum Gasteiger partial charge on any atom is 0.323 e. The number of hydrogen-bond acceptors (Lipinski definition) is 4. The lowest BCUT2D eigenvalue weighted by Gasteiger charge is -2.24. The topological polar surface area (TPSA) is 104 Å². The molecule has 5 heteroatoms. The molecule has 5 nitrogen and oxygen atoms in total. The Kier molecular flexibility index (Phi) is 3.63. The van der Waals surface area contributed by atoms with Crippen molar-refractivity contribution >= 4 is 5.97 Å². The fraction of sp³-hybridized carbons (Fsp3) is 0.417. The minimum atomic E-state index is -1.36. The first kappa shape index (κ1) is 13.3. The quantitative estimate of drug-likeness (QED) is 0.594. The van der Waals surface area contributed by atoms with Crippen molar-refractivity contribution in [2.75, 3.05) is 0 Å². The number of carboxylic acid groups (broad SMARTS) is 1. The fourth-order valence-corrected chi connectivity index (χ4v) is 1.78. The number of nitrogens with two attached hydrogens (primary N) is 1. The molecule has 17 heavy (non-hydrogen) atoms. The van der Waals surface area contributed by atoms with E-state index in [1.54, 1.807) is 19.1 Å². The monoisotopic (exact) mass is 239 g/mol. The highest BCUT2D eigenvalue weighted by Crippen LogP contribution is 2.36. The number of phenols is 2. The van der Waals surface area contributed by atoms with Crippen LogP contribution in [0.3, 0.4) is 0 Å². The van der Waals surface area contributed by atoms with Crippen LogP contribution in [0, 0.1) is 0 Å². The van der Waals surface area contributed by atoms with Gasteiger partial charge in [-0.25, -0.2) is 0 Å². The van der Waals surface area contributed by atoms with E-state index < -0.39 is 11.5 Å². The first-order valence-electron chi connectivity index (χ1n) is 5.29. The maximum absolute atomic E-state index is 10.9. The first-order valence-corrected chi connectivity index (χ1v) is 5.29. The number of carbonyl (C=O) groups is 1. The van der Waals surface area contributed by atoms with Gasteiger partial charge in [0.1, 0.15) is 5.54 Å². The van der Waals surface area contributed by atoms with E-state index in [0.717, 1.165) is 0 Å². The van der Waals surface area contributed by atoms with Crippen molar-refractivity contribution in [3.05, 3.63) is 23.8 Å². The molecule has 0 radical (unpaired) electrons. The Bertz CT molecular complexity index is 429. The third-order valence-corrected chi connectivity index (χ3v) is 2.80. The number of rotatable bonds is 4. The second-order valence-corrected chi connectivity index (χ2v) is 4.54. The highest BCUT2D eigenvalue weighted by atomic mass is 16.4. The van der Waals surface area contributed by atoms with Gasteiger partial charge in [0, 0.05) is 5.56 Å². The number of para-hydroxylation sites is 1. The van der Waals surface area contributed by atoms with Gasteiger partial charge in [-0.3, -0.25) is 4.79 Å². The molecular formula is C12H17NO4. The van der Waals surface area contributed by atoms with Crippen LogP contribution >= 0.6 is 0 Å². The van der Waals surface area contributed by atoms with E-state index in [0.29, 0.717) is 5.56 Å². The minimum Gasteiger partial charge on any atom is -0.504 e. The Morgan fingerprint density at radius 1 is 1.47 bits per heavy atom. The van der Waals surface area contributed by atoms with E-state index in [2.05, 4.69) is 0 Å². The number of benzene rings is 1. The summed E-state index contributed by atoms with van der Waals surface area (Å²) in [5.41, 5.74) is 4.77. The Morgan fingerprint density at radius 3 is 2.59 bits per heavy atom. The summed E-state index contributed by atoms with van der Waals surface area (Å²) >= 11 is 0. The second kappa shape index (κ2) is 4.63. The Labute approximate surface area is 99.5 Å². The van der Waals surface area contributed by atoms with Crippen LogP contribution in [-0.2, 0) is 4.79 Å². The standard InChI is InChI=1S/C12H17NO4/c1-7(6-12(2,13)11(16)17)8-4-3-5-9(14)10(8)15/h3-5,7,14-15H,6,13H2,1-2H3,(H,16,17). The third kappa shape index (κ3) is 2.88. The Hall–Kier alpha value is -1.75. The van der Waals surface area contributed by atoms with Crippen molar-refractivity contribution in [1.82, 2.24) is 0 Å². The Morgan fingerprint density at radius 2 is 2.06 bits per heavy atom. The normalized spacial score (nSPS) is 16.2. The average Bonchev–Trinajstić information content (AvgIpc) is 2.21. The second-order valence-electron chi connectivity index (χ2n) is 4.54. The predicted octanol–water partition coefficient (Wildman–Crippen LogP) is 1.39. The molecule has 2 unspecified atom stereocenters. The van der Waals surface area contributed by atoms with Crippen molar-refractivity contribution in [2.45, 2.75) is 31.7 Å². The fourth-order valence-electron chi connectivity index (χ4n) is 1.78. The summed E-state index contributed by atoms with van der Waals surface area (Å²) in [5.74, 6) is -1.80. The molecule has 0 aliphatic rings. The molecule has 0 bridgehead atoms. The molecule has 0 amide bonds. The minimum absolute atomic E-state index is 0.166. The number of aromatic hydroxyl groups is 2. The maximum atomic E-state index is 10.9. The van der Waals surface area contributed by atoms with Crippen LogP contribution in [0.25, 0.3) is 0 Å². The van der Waals surface area contributed by atoms with Crippen LogP contribution in [-0.4, -0.2) is 26.8 Å². The third-order valence-electron chi connectivity index (χ3n) is 2.80. The summed E-state index contributed by atoms with van der Waals surface area (Å²) in [7, 11) is 0. The number of hydrogen-bond donors (Lipinski definition) is 4. The largest absolute Gasteiger partial charge is 0.504 e. The lowest BCUT2D eigenvalue weighted by atomic mass is 9.86. The molecule has 0 aliphatic carbocycles. The zero-order valence-corrected chi connectivity index (χ0v) is 9.84. The van der Waals surface area contributed by atoms with Crippen LogP contribution in [0.15, 0.2) is 18.2 Å². The molecule has 0 heterocycles. The molecule has 1 rings (SSSR count).